The van der Waals surface area contributed by atoms with Crippen LogP contribution < -0.4 is 0 Å². The van der Waals surface area contributed by atoms with Crippen LogP contribution in [0.2, 0.25) is 0 Å². The van der Waals surface area contributed by atoms with E-state index in [0.717, 1.165) is 103 Å². The molecule has 0 aromatic rings. The second-order valence-corrected chi connectivity index (χ2v) is 24.5. The van der Waals surface area contributed by atoms with Gasteiger partial charge in [-0.05, 0) is 89.9 Å². The van der Waals surface area contributed by atoms with Crippen LogP contribution in [0.4, 0.5) is 0 Å². The molecular weight excluding hydrogens is 1020 g/mol. The lowest BCUT2D eigenvalue weighted by molar-refractivity contribution is -0.167. The first-order valence-electron chi connectivity index (χ1n) is 36.4. The molecule has 0 radical (unpaired) electrons. The normalized spacial score (nSPS) is 12.5. The van der Waals surface area contributed by atoms with E-state index in [-0.39, 0.29) is 31.1 Å². The highest BCUT2D eigenvalue weighted by Crippen LogP contribution is 2.18. The van der Waals surface area contributed by atoms with Crippen molar-refractivity contribution in [1.29, 1.82) is 0 Å². The first-order valence-corrected chi connectivity index (χ1v) is 36.4. The van der Waals surface area contributed by atoms with Gasteiger partial charge in [0.25, 0.3) is 0 Å². The van der Waals surface area contributed by atoms with Crippen molar-refractivity contribution in [1.82, 2.24) is 0 Å². The highest BCUT2D eigenvalue weighted by molar-refractivity contribution is 5.71. The van der Waals surface area contributed by atoms with Crippen molar-refractivity contribution in [2.45, 2.75) is 386 Å². The minimum Gasteiger partial charge on any atom is -0.462 e. The molecule has 0 aromatic carbocycles. The van der Waals surface area contributed by atoms with E-state index in [9.17, 15) is 14.4 Å². The minimum absolute atomic E-state index is 0.0884. The molecule has 6 nitrogen and oxygen atoms in total. The maximum Gasteiger partial charge on any atom is 0.306 e. The molecule has 0 aliphatic heterocycles. The largest absolute Gasteiger partial charge is 0.462 e. The number of rotatable bonds is 67. The van der Waals surface area contributed by atoms with Crippen molar-refractivity contribution in [3.63, 3.8) is 0 Å². The van der Waals surface area contributed by atoms with E-state index in [1.807, 2.05) is 0 Å². The van der Waals surface area contributed by atoms with Gasteiger partial charge in [-0.2, -0.15) is 0 Å². The predicted molar refractivity (Wildman–Crippen MR) is 362 cm³/mol. The Morgan fingerprint density at radius 2 is 0.470 bits per heavy atom. The van der Waals surface area contributed by atoms with Crippen LogP contribution in [0.3, 0.4) is 0 Å². The van der Waals surface area contributed by atoms with Crippen molar-refractivity contribution in [2.75, 3.05) is 13.2 Å². The lowest BCUT2D eigenvalue weighted by atomic mass is 10.0. The molecule has 0 N–H and O–H groups in total. The molecule has 0 spiro atoms. The van der Waals surface area contributed by atoms with E-state index in [4.69, 9.17) is 14.2 Å². The Morgan fingerprint density at radius 1 is 0.253 bits per heavy atom. The van der Waals surface area contributed by atoms with E-state index in [2.05, 4.69) is 93.7 Å². The molecule has 0 bridgehead atoms. The highest BCUT2D eigenvalue weighted by Gasteiger charge is 2.19. The zero-order chi connectivity index (χ0) is 59.9. The van der Waals surface area contributed by atoms with Crippen molar-refractivity contribution in [3.05, 3.63) is 72.9 Å². The molecule has 0 aliphatic carbocycles. The average Bonchev–Trinajstić information content (AvgIpc) is 3.49. The molecule has 0 aromatic heterocycles. The maximum atomic E-state index is 12.9. The number of carbonyl (C=O) groups excluding carboxylic acids is 3. The fourth-order valence-corrected chi connectivity index (χ4v) is 10.8. The van der Waals surface area contributed by atoms with Crippen LogP contribution in [0, 0.1) is 0 Å². The summed E-state index contributed by atoms with van der Waals surface area (Å²) in [6.45, 7) is 6.54. The highest BCUT2D eigenvalue weighted by atomic mass is 16.6. The molecule has 0 saturated carbocycles. The second-order valence-electron chi connectivity index (χ2n) is 24.5. The number of esters is 3. The lowest BCUT2D eigenvalue weighted by Crippen LogP contribution is -2.30. The Kier molecular flexibility index (Phi) is 68.6. The average molecular weight is 1160 g/mol. The van der Waals surface area contributed by atoms with Gasteiger partial charge in [-0.3, -0.25) is 14.4 Å². The monoisotopic (exact) mass is 1160 g/mol. The molecule has 0 rings (SSSR count). The summed E-state index contributed by atoms with van der Waals surface area (Å²) in [4.78, 5) is 38.4. The van der Waals surface area contributed by atoms with Gasteiger partial charge in [-0.15, -0.1) is 0 Å². The molecule has 0 amide bonds. The summed E-state index contributed by atoms with van der Waals surface area (Å²) in [5.41, 5.74) is 0. The van der Waals surface area contributed by atoms with Gasteiger partial charge in [-0.1, -0.05) is 344 Å². The second kappa shape index (κ2) is 71.3. The third-order valence-corrected chi connectivity index (χ3v) is 16.2. The van der Waals surface area contributed by atoms with Gasteiger partial charge in [0.1, 0.15) is 13.2 Å². The first kappa shape index (κ1) is 79.8. The van der Waals surface area contributed by atoms with E-state index in [1.165, 1.54) is 238 Å². The summed E-state index contributed by atoms with van der Waals surface area (Å²) in [5.74, 6) is -0.909. The summed E-state index contributed by atoms with van der Waals surface area (Å²) in [5, 5.41) is 0. The SMILES string of the molecule is CC/C=C\C/C=C\C/C=C\C/C=C\C/C=C\CCCCCC(=O)OC(COC(=O)CCCCCCC/C=C\CCCCCCCC)COC(=O)CCCCCCCCCCCCCCCCCCCCCCCCCCCCCCCCC. The molecule has 1 atom stereocenters. The third-order valence-electron chi connectivity index (χ3n) is 16.2. The van der Waals surface area contributed by atoms with Crippen molar-refractivity contribution < 1.29 is 28.6 Å². The number of unbranched alkanes of at least 4 members (excludes halogenated alkanes) is 44. The summed E-state index contributed by atoms with van der Waals surface area (Å²) < 4.78 is 17.0. The number of hydrogen-bond acceptors (Lipinski definition) is 6. The number of carbonyl (C=O) groups is 3. The molecule has 6 heteroatoms. The van der Waals surface area contributed by atoms with Gasteiger partial charge >= 0.3 is 17.9 Å². The van der Waals surface area contributed by atoms with Crippen LogP contribution in [0.5, 0.6) is 0 Å². The number of allylic oxidation sites excluding steroid dienone is 12. The molecule has 0 aliphatic rings. The molecule has 482 valence electrons. The van der Waals surface area contributed by atoms with Crippen LogP contribution in [-0.2, 0) is 28.6 Å². The van der Waals surface area contributed by atoms with Crippen molar-refractivity contribution in [2.24, 2.45) is 0 Å². The summed E-state index contributed by atoms with van der Waals surface area (Å²) in [6.07, 6.45) is 93.8. The van der Waals surface area contributed by atoms with Gasteiger partial charge in [0.05, 0.1) is 0 Å². The smallest absolute Gasteiger partial charge is 0.306 e. The molecule has 1 unspecified atom stereocenters. The standard InChI is InChI=1S/C77H138O6/c1-4-7-10-13-16-19-22-25-28-30-32-33-34-35-36-37-38-39-40-41-42-43-45-46-49-52-55-58-61-64-67-70-76(79)82-73-74(72-81-75(78)69-66-63-60-57-54-51-48-27-24-21-18-15-12-9-6-3)83-77(80)71-68-65-62-59-56-53-50-47-44-31-29-26-23-20-17-14-11-8-5-2/h8,11,17,20,26-27,29,44,47-48,53,56,74H,4-7,9-10,12-16,18-19,21-25,28,30-43,45-46,49-52,54-55,57-73H2,1-3H3/b11-8-,20-17-,29-26-,47-44-,48-27-,56-53-. The fourth-order valence-electron chi connectivity index (χ4n) is 10.8. The zero-order valence-electron chi connectivity index (χ0n) is 55.5. The van der Waals surface area contributed by atoms with E-state index >= 15 is 0 Å². The quantitative estimate of drug-likeness (QED) is 0.0261. The van der Waals surface area contributed by atoms with Gasteiger partial charge in [0, 0.05) is 19.3 Å². The third kappa shape index (κ3) is 69.5. The fraction of sp³-hybridized carbons (Fsp3) is 0.805. The van der Waals surface area contributed by atoms with Gasteiger partial charge in [0.2, 0.25) is 0 Å². The summed E-state index contributed by atoms with van der Waals surface area (Å²) >= 11 is 0. The van der Waals surface area contributed by atoms with Crippen LogP contribution in [-0.4, -0.2) is 37.2 Å². The summed E-state index contributed by atoms with van der Waals surface area (Å²) in [6, 6.07) is 0. The van der Waals surface area contributed by atoms with Crippen LogP contribution in [0.1, 0.15) is 380 Å². The molecule has 0 heterocycles. The predicted octanol–water partition coefficient (Wildman–Crippen LogP) is 25.2. The van der Waals surface area contributed by atoms with E-state index in [0.29, 0.717) is 19.3 Å². The zero-order valence-corrected chi connectivity index (χ0v) is 55.5. The Bertz CT molecular complexity index is 1520. The van der Waals surface area contributed by atoms with Gasteiger partial charge < -0.3 is 14.2 Å². The Balaban J connectivity index is 4.23. The van der Waals surface area contributed by atoms with Crippen molar-refractivity contribution in [3.8, 4) is 0 Å². The van der Waals surface area contributed by atoms with Crippen LogP contribution >= 0.6 is 0 Å². The molecular formula is C77H138O6. The van der Waals surface area contributed by atoms with E-state index in [1.54, 1.807) is 0 Å². The Hall–Kier alpha value is -3.15. The van der Waals surface area contributed by atoms with Gasteiger partial charge in [-0.25, -0.2) is 0 Å². The number of ether oxygens (including phenoxy) is 3. The lowest BCUT2D eigenvalue weighted by Gasteiger charge is -2.18. The Morgan fingerprint density at radius 3 is 0.759 bits per heavy atom. The maximum absolute atomic E-state index is 12.9. The summed E-state index contributed by atoms with van der Waals surface area (Å²) in [7, 11) is 0. The van der Waals surface area contributed by atoms with E-state index < -0.39 is 6.10 Å². The van der Waals surface area contributed by atoms with Crippen molar-refractivity contribution >= 4 is 17.9 Å². The topological polar surface area (TPSA) is 78.9 Å². The van der Waals surface area contributed by atoms with Crippen LogP contribution in [0.25, 0.3) is 0 Å². The first-order chi connectivity index (χ1) is 41.0. The van der Waals surface area contributed by atoms with Gasteiger partial charge in [0.15, 0.2) is 6.10 Å². The van der Waals surface area contributed by atoms with Crippen LogP contribution in [0.15, 0.2) is 72.9 Å². The Labute approximate surface area is 516 Å². The molecule has 0 saturated heterocycles. The molecule has 83 heavy (non-hydrogen) atoms. The minimum atomic E-state index is -0.797. The molecule has 0 fully saturated rings. The number of hydrogen-bond donors (Lipinski definition) is 0.